The van der Waals surface area contributed by atoms with E-state index in [0.29, 0.717) is 6.42 Å². The van der Waals surface area contributed by atoms with Crippen LogP contribution in [0.25, 0.3) is 0 Å². The second kappa shape index (κ2) is 7.12. The second-order valence-electron chi connectivity index (χ2n) is 8.89. The Balaban J connectivity index is 1.47. The molecular weight excluding hydrogens is 388 g/mol. The van der Waals surface area contributed by atoms with Crippen molar-refractivity contribution in [3.05, 3.63) is 87.9 Å². The summed E-state index contributed by atoms with van der Waals surface area (Å²) in [5, 5.41) is 6.15. The summed E-state index contributed by atoms with van der Waals surface area (Å²) in [6.07, 6.45) is 1.98. The van der Waals surface area contributed by atoms with Gasteiger partial charge in [-0.15, -0.1) is 0 Å². The van der Waals surface area contributed by atoms with Gasteiger partial charge in [-0.3, -0.25) is 9.59 Å². The fourth-order valence-electron chi connectivity index (χ4n) is 4.63. The van der Waals surface area contributed by atoms with E-state index in [0.717, 1.165) is 52.3 Å². The molecule has 2 amide bonds. The molecule has 2 aromatic carbocycles. The fraction of sp³-hybridized carbons (Fsp3) is 0.308. The minimum Gasteiger partial charge on any atom is -0.464 e. The van der Waals surface area contributed by atoms with Crippen molar-refractivity contribution in [1.82, 2.24) is 5.32 Å². The highest BCUT2D eigenvalue weighted by Gasteiger charge is 2.52. The molecule has 0 radical (unpaired) electrons. The number of anilines is 1. The largest absolute Gasteiger partial charge is 0.464 e. The van der Waals surface area contributed by atoms with E-state index < -0.39 is 5.41 Å². The molecule has 1 saturated carbocycles. The van der Waals surface area contributed by atoms with Gasteiger partial charge < -0.3 is 15.1 Å². The Bertz CT molecular complexity index is 1200. The topological polar surface area (TPSA) is 71.3 Å². The molecule has 5 nitrogen and oxygen atoms in total. The number of benzene rings is 2. The molecule has 2 aliphatic rings. The van der Waals surface area contributed by atoms with Crippen LogP contribution >= 0.6 is 0 Å². The highest BCUT2D eigenvalue weighted by Crippen LogP contribution is 2.50. The minimum atomic E-state index is -0.543. The quantitative estimate of drug-likeness (QED) is 0.639. The summed E-state index contributed by atoms with van der Waals surface area (Å²) >= 11 is 0. The minimum absolute atomic E-state index is 0.00348. The predicted octanol–water partition coefficient (Wildman–Crippen LogP) is 4.64. The molecule has 0 bridgehead atoms. The maximum Gasteiger partial charge on any atom is 0.231 e. The van der Waals surface area contributed by atoms with Gasteiger partial charge in [0.05, 0.1) is 11.8 Å². The molecule has 1 aliphatic carbocycles. The average Bonchev–Trinajstić information content (AvgIpc) is 3.29. The van der Waals surface area contributed by atoms with E-state index in [1.165, 1.54) is 5.56 Å². The first-order valence-corrected chi connectivity index (χ1v) is 10.7. The van der Waals surface area contributed by atoms with E-state index in [2.05, 4.69) is 42.7 Å². The molecule has 0 spiro atoms. The highest BCUT2D eigenvalue weighted by atomic mass is 16.3. The molecule has 5 rings (SSSR count). The number of hydrogen-bond donors (Lipinski definition) is 2. The zero-order valence-electron chi connectivity index (χ0n) is 18.0. The third kappa shape index (κ3) is 3.44. The monoisotopic (exact) mass is 414 g/mol. The molecule has 2 heterocycles. The van der Waals surface area contributed by atoms with E-state index in [-0.39, 0.29) is 17.9 Å². The second-order valence-corrected chi connectivity index (χ2v) is 8.89. The van der Waals surface area contributed by atoms with Crippen LogP contribution in [0.15, 0.2) is 52.9 Å². The van der Waals surface area contributed by atoms with Gasteiger partial charge in [0.25, 0.3) is 0 Å². The smallest absolute Gasteiger partial charge is 0.231 e. The maximum atomic E-state index is 13.6. The number of furan rings is 1. The molecule has 0 saturated heterocycles. The number of carbonyl (C=O) groups is 2. The van der Waals surface area contributed by atoms with Gasteiger partial charge in [0, 0.05) is 5.69 Å². The molecule has 1 aromatic heterocycles. The van der Waals surface area contributed by atoms with Crippen molar-refractivity contribution >= 4 is 17.5 Å². The van der Waals surface area contributed by atoms with Gasteiger partial charge >= 0.3 is 0 Å². The van der Waals surface area contributed by atoms with E-state index in [9.17, 15) is 9.59 Å². The molecule has 2 N–H and O–H groups in total. The Kier molecular flexibility index (Phi) is 4.50. The maximum absolute atomic E-state index is 13.6. The number of hydrogen-bond acceptors (Lipinski definition) is 3. The Labute approximate surface area is 181 Å². The summed E-state index contributed by atoms with van der Waals surface area (Å²) in [5.74, 6) is 1.56. The van der Waals surface area contributed by atoms with Crippen molar-refractivity contribution in [3.63, 3.8) is 0 Å². The van der Waals surface area contributed by atoms with Crippen molar-refractivity contribution < 1.29 is 14.0 Å². The molecule has 158 valence electrons. The van der Waals surface area contributed by atoms with Gasteiger partial charge in [0.2, 0.25) is 11.8 Å². The number of fused-ring (bicyclic) bond motifs is 1. The Morgan fingerprint density at radius 3 is 2.55 bits per heavy atom. The van der Waals surface area contributed by atoms with Gasteiger partial charge in [-0.05, 0) is 74.1 Å². The Hall–Kier alpha value is -3.34. The number of aryl methyl sites for hydroxylation is 3. The number of carbonyl (C=O) groups excluding carboxylic acids is 2. The van der Waals surface area contributed by atoms with Crippen LogP contribution in [-0.4, -0.2) is 11.8 Å². The number of rotatable bonds is 5. The SMILES string of the molecule is Cc1ccc(C(NC(=O)C2(c3ccc4c(c3)CC(=O)N4)CC2)c2ccc(C)o2)c(C)c1. The lowest BCUT2D eigenvalue weighted by atomic mass is 9.91. The Morgan fingerprint density at radius 1 is 1.06 bits per heavy atom. The molecule has 3 aromatic rings. The molecular formula is C26H26N2O3. The summed E-state index contributed by atoms with van der Waals surface area (Å²) < 4.78 is 5.94. The first kappa shape index (κ1) is 19.6. The van der Waals surface area contributed by atoms with Crippen LogP contribution in [0.1, 0.15) is 58.2 Å². The summed E-state index contributed by atoms with van der Waals surface area (Å²) in [4.78, 5) is 25.3. The van der Waals surface area contributed by atoms with Crippen LogP contribution in [0.5, 0.6) is 0 Å². The van der Waals surface area contributed by atoms with Gasteiger partial charge in [0.15, 0.2) is 0 Å². The average molecular weight is 415 g/mol. The summed E-state index contributed by atoms with van der Waals surface area (Å²) in [6.45, 7) is 6.04. The zero-order chi connectivity index (χ0) is 21.8. The van der Waals surface area contributed by atoms with Gasteiger partial charge in [-0.2, -0.15) is 0 Å². The highest BCUT2D eigenvalue weighted by molar-refractivity contribution is 5.99. The van der Waals surface area contributed by atoms with Crippen LogP contribution in [0.4, 0.5) is 5.69 Å². The van der Waals surface area contributed by atoms with Crippen molar-refractivity contribution in [2.45, 2.75) is 51.5 Å². The van der Waals surface area contributed by atoms with Crippen LogP contribution in [0, 0.1) is 20.8 Å². The Morgan fingerprint density at radius 2 is 1.87 bits per heavy atom. The van der Waals surface area contributed by atoms with Crippen LogP contribution in [0.2, 0.25) is 0 Å². The molecule has 1 aliphatic heterocycles. The summed E-state index contributed by atoms with van der Waals surface area (Å²) in [6, 6.07) is 15.7. The number of nitrogens with one attached hydrogen (secondary N) is 2. The van der Waals surface area contributed by atoms with Gasteiger partial charge in [-0.1, -0.05) is 35.9 Å². The zero-order valence-corrected chi connectivity index (χ0v) is 18.0. The van der Waals surface area contributed by atoms with Crippen molar-refractivity contribution in [1.29, 1.82) is 0 Å². The molecule has 5 heteroatoms. The number of amides is 2. The standard InChI is InChI=1S/C26H26N2O3/c1-15-4-7-20(16(2)12-15)24(22-9-5-17(3)31-22)28-25(30)26(10-11-26)19-6-8-21-18(13-19)14-23(29)27-21/h4-9,12-13,24H,10-11,14H2,1-3H3,(H,27,29)(H,28,30). The third-order valence-corrected chi connectivity index (χ3v) is 6.52. The lowest BCUT2D eigenvalue weighted by molar-refractivity contribution is -0.124. The van der Waals surface area contributed by atoms with Crippen LogP contribution < -0.4 is 10.6 Å². The summed E-state index contributed by atoms with van der Waals surface area (Å²) in [7, 11) is 0. The van der Waals surface area contributed by atoms with E-state index >= 15 is 0 Å². The van der Waals surface area contributed by atoms with Gasteiger partial charge in [-0.25, -0.2) is 0 Å². The third-order valence-electron chi connectivity index (χ3n) is 6.52. The molecule has 1 fully saturated rings. The molecule has 31 heavy (non-hydrogen) atoms. The first-order chi connectivity index (χ1) is 14.9. The van der Waals surface area contributed by atoms with Crippen molar-refractivity contribution in [2.24, 2.45) is 0 Å². The van der Waals surface area contributed by atoms with Crippen molar-refractivity contribution in [3.8, 4) is 0 Å². The summed E-state index contributed by atoms with van der Waals surface area (Å²) in [5.41, 5.74) is 5.59. The fourth-order valence-corrected chi connectivity index (χ4v) is 4.63. The van der Waals surface area contributed by atoms with Gasteiger partial charge in [0.1, 0.15) is 17.6 Å². The lowest BCUT2D eigenvalue weighted by Gasteiger charge is -2.24. The lowest BCUT2D eigenvalue weighted by Crippen LogP contribution is -2.38. The molecule has 1 atom stereocenters. The predicted molar refractivity (Wildman–Crippen MR) is 119 cm³/mol. The first-order valence-electron chi connectivity index (χ1n) is 10.7. The van der Waals surface area contributed by atoms with E-state index in [1.54, 1.807) is 0 Å². The van der Waals surface area contributed by atoms with Crippen LogP contribution in [-0.2, 0) is 21.4 Å². The van der Waals surface area contributed by atoms with E-state index in [4.69, 9.17) is 4.42 Å². The van der Waals surface area contributed by atoms with Crippen molar-refractivity contribution in [2.75, 3.05) is 5.32 Å². The van der Waals surface area contributed by atoms with Crippen LogP contribution in [0.3, 0.4) is 0 Å². The molecule has 1 unspecified atom stereocenters. The normalized spacial score (nSPS) is 17.1. The van der Waals surface area contributed by atoms with E-state index in [1.807, 2.05) is 37.3 Å².